The standard InChI is InChI=1S/C12H11N5O/c1-2-4-16(3-1)11-10-12(14-7-13-11)17(8-15-10)5-9-6-18-9/h1-4,7-9H,5-6H2/t9-/m0/s1. The summed E-state index contributed by atoms with van der Waals surface area (Å²) in [5.41, 5.74) is 1.67. The van der Waals surface area contributed by atoms with Gasteiger partial charge in [0.2, 0.25) is 0 Å². The number of imidazole rings is 1. The molecule has 0 bridgehead atoms. The lowest BCUT2D eigenvalue weighted by atomic mass is 10.4. The van der Waals surface area contributed by atoms with Crippen molar-refractivity contribution in [2.24, 2.45) is 0 Å². The van der Waals surface area contributed by atoms with E-state index in [2.05, 4.69) is 15.0 Å². The molecule has 4 heterocycles. The van der Waals surface area contributed by atoms with E-state index in [9.17, 15) is 0 Å². The highest BCUT2D eigenvalue weighted by atomic mass is 16.6. The molecular formula is C12H11N5O. The van der Waals surface area contributed by atoms with Gasteiger partial charge in [-0.05, 0) is 12.1 Å². The Morgan fingerprint density at radius 2 is 2.06 bits per heavy atom. The van der Waals surface area contributed by atoms with Crippen molar-refractivity contribution in [1.29, 1.82) is 0 Å². The second kappa shape index (κ2) is 3.64. The second-order valence-electron chi connectivity index (χ2n) is 4.31. The molecule has 0 spiro atoms. The quantitative estimate of drug-likeness (QED) is 0.642. The van der Waals surface area contributed by atoms with Crippen LogP contribution in [-0.4, -0.2) is 36.8 Å². The fourth-order valence-electron chi connectivity index (χ4n) is 2.06. The number of nitrogens with zero attached hydrogens (tertiary/aromatic N) is 5. The minimum atomic E-state index is 0.312. The monoisotopic (exact) mass is 241 g/mol. The van der Waals surface area contributed by atoms with Crippen LogP contribution in [0.4, 0.5) is 0 Å². The molecule has 0 aliphatic carbocycles. The van der Waals surface area contributed by atoms with Gasteiger partial charge in [0.15, 0.2) is 17.0 Å². The Bertz CT molecular complexity index is 684. The number of hydrogen-bond acceptors (Lipinski definition) is 4. The van der Waals surface area contributed by atoms with Crippen molar-refractivity contribution in [2.45, 2.75) is 12.6 Å². The number of epoxide rings is 1. The van der Waals surface area contributed by atoms with E-state index in [4.69, 9.17) is 4.74 Å². The molecule has 0 saturated carbocycles. The number of fused-ring (bicyclic) bond motifs is 1. The molecule has 1 saturated heterocycles. The van der Waals surface area contributed by atoms with Gasteiger partial charge < -0.3 is 13.9 Å². The van der Waals surface area contributed by atoms with Gasteiger partial charge in [0.05, 0.1) is 25.6 Å². The van der Waals surface area contributed by atoms with Crippen LogP contribution in [0.2, 0.25) is 0 Å². The van der Waals surface area contributed by atoms with Crippen molar-refractivity contribution >= 4 is 11.2 Å². The van der Waals surface area contributed by atoms with E-state index in [0.717, 1.165) is 30.1 Å². The smallest absolute Gasteiger partial charge is 0.168 e. The van der Waals surface area contributed by atoms with E-state index in [0.29, 0.717) is 6.10 Å². The third-order valence-electron chi connectivity index (χ3n) is 3.03. The predicted molar refractivity (Wildman–Crippen MR) is 64.4 cm³/mol. The van der Waals surface area contributed by atoms with E-state index in [-0.39, 0.29) is 0 Å². The Morgan fingerprint density at radius 3 is 2.83 bits per heavy atom. The average molecular weight is 241 g/mol. The van der Waals surface area contributed by atoms with Crippen molar-refractivity contribution < 1.29 is 4.74 Å². The molecule has 3 aromatic rings. The first-order chi connectivity index (χ1) is 8.92. The number of rotatable bonds is 3. The van der Waals surface area contributed by atoms with Gasteiger partial charge in [-0.1, -0.05) is 0 Å². The number of ether oxygens (including phenoxy) is 1. The molecule has 0 aromatic carbocycles. The molecule has 90 valence electrons. The van der Waals surface area contributed by atoms with Gasteiger partial charge in [0, 0.05) is 12.4 Å². The van der Waals surface area contributed by atoms with Crippen molar-refractivity contribution in [3.63, 3.8) is 0 Å². The van der Waals surface area contributed by atoms with Gasteiger partial charge in [0.1, 0.15) is 6.33 Å². The molecule has 6 heteroatoms. The number of aromatic nitrogens is 5. The first kappa shape index (κ1) is 9.78. The summed E-state index contributed by atoms with van der Waals surface area (Å²) in [4.78, 5) is 13.0. The maximum Gasteiger partial charge on any atom is 0.168 e. The predicted octanol–water partition coefficient (Wildman–Crippen LogP) is 1.02. The normalized spacial score (nSPS) is 18.3. The average Bonchev–Trinajstić information content (AvgIpc) is 2.91. The largest absolute Gasteiger partial charge is 0.371 e. The maximum absolute atomic E-state index is 5.24. The Hall–Kier alpha value is -2.21. The summed E-state index contributed by atoms with van der Waals surface area (Å²) in [5, 5.41) is 0. The molecule has 1 aliphatic rings. The lowest BCUT2D eigenvalue weighted by Gasteiger charge is -2.03. The summed E-state index contributed by atoms with van der Waals surface area (Å²) in [5.74, 6) is 0.806. The third kappa shape index (κ3) is 1.50. The van der Waals surface area contributed by atoms with Crippen molar-refractivity contribution in [1.82, 2.24) is 24.1 Å². The molecule has 0 radical (unpaired) electrons. The molecule has 0 unspecified atom stereocenters. The fraction of sp³-hybridized carbons (Fsp3) is 0.250. The first-order valence-corrected chi connectivity index (χ1v) is 5.82. The van der Waals surface area contributed by atoms with Gasteiger partial charge in [-0.15, -0.1) is 0 Å². The Morgan fingerprint density at radius 1 is 1.22 bits per heavy atom. The van der Waals surface area contributed by atoms with Gasteiger partial charge >= 0.3 is 0 Å². The first-order valence-electron chi connectivity index (χ1n) is 5.82. The van der Waals surface area contributed by atoms with Crippen LogP contribution >= 0.6 is 0 Å². The summed E-state index contributed by atoms with van der Waals surface area (Å²) < 4.78 is 9.19. The summed E-state index contributed by atoms with van der Waals surface area (Å²) in [6.45, 7) is 1.63. The molecule has 1 fully saturated rings. The molecule has 3 aromatic heterocycles. The highest BCUT2D eigenvalue weighted by Gasteiger charge is 2.24. The minimum Gasteiger partial charge on any atom is -0.371 e. The van der Waals surface area contributed by atoms with Crippen molar-refractivity contribution in [3.05, 3.63) is 37.2 Å². The molecule has 0 amide bonds. The van der Waals surface area contributed by atoms with Gasteiger partial charge in [-0.3, -0.25) is 0 Å². The zero-order valence-electron chi connectivity index (χ0n) is 9.60. The fourth-order valence-corrected chi connectivity index (χ4v) is 2.06. The van der Waals surface area contributed by atoms with Crippen molar-refractivity contribution in [2.75, 3.05) is 6.61 Å². The Kier molecular flexibility index (Phi) is 1.98. The zero-order chi connectivity index (χ0) is 11.9. The molecule has 1 aliphatic heterocycles. The van der Waals surface area contributed by atoms with E-state index >= 15 is 0 Å². The molecule has 4 rings (SSSR count). The van der Waals surface area contributed by atoms with E-state index in [1.165, 1.54) is 0 Å². The lowest BCUT2D eigenvalue weighted by molar-refractivity contribution is 0.384. The van der Waals surface area contributed by atoms with Crippen LogP contribution in [0.15, 0.2) is 37.2 Å². The second-order valence-corrected chi connectivity index (χ2v) is 4.31. The molecule has 0 N–H and O–H groups in total. The van der Waals surface area contributed by atoms with Crippen LogP contribution in [0.3, 0.4) is 0 Å². The van der Waals surface area contributed by atoms with E-state index < -0.39 is 0 Å². The van der Waals surface area contributed by atoms with Crippen LogP contribution in [0, 0.1) is 0 Å². The Balaban J connectivity index is 1.86. The molecular weight excluding hydrogens is 230 g/mol. The Labute approximate surface area is 103 Å². The van der Waals surface area contributed by atoms with Crippen LogP contribution in [0.1, 0.15) is 0 Å². The van der Waals surface area contributed by atoms with Crippen molar-refractivity contribution in [3.8, 4) is 5.82 Å². The van der Waals surface area contributed by atoms with Gasteiger partial charge in [0.25, 0.3) is 0 Å². The van der Waals surface area contributed by atoms with E-state index in [1.807, 2.05) is 33.7 Å². The zero-order valence-corrected chi connectivity index (χ0v) is 9.60. The summed E-state index contributed by atoms with van der Waals surface area (Å²) in [6.07, 6.45) is 7.58. The van der Waals surface area contributed by atoms with E-state index in [1.54, 1.807) is 12.7 Å². The van der Waals surface area contributed by atoms with Crippen LogP contribution in [0.5, 0.6) is 0 Å². The van der Waals surface area contributed by atoms with Gasteiger partial charge in [-0.25, -0.2) is 15.0 Å². The van der Waals surface area contributed by atoms with Crippen LogP contribution in [-0.2, 0) is 11.3 Å². The SMILES string of the molecule is c1ccn(-c2ncnc3c2ncn3C[C@H]2CO2)c1. The van der Waals surface area contributed by atoms with Gasteiger partial charge in [-0.2, -0.15) is 0 Å². The summed E-state index contributed by atoms with van der Waals surface area (Å²) in [7, 11) is 0. The number of hydrogen-bond donors (Lipinski definition) is 0. The minimum absolute atomic E-state index is 0.312. The topological polar surface area (TPSA) is 61.1 Å². The summed E-state index contributed by atoms with van der Waals surface area (Å²) >= 11 is 0. The molecule has 1 atom stereocenters. The summed E-state index contributed by atoms with van der Waals surface area (Å²) in [6, 6.07) is 3.92. The third-order valence-corrected chi connectivity index (χ3v) is 3.03. The highest BCUT2D eigenvalue weighted by molar-refractivity contribution is 5.78. The molecule has 6 nitrogen and oxygen atoms in total. The molecule has 18 heavy (non-hydrogen) atoms. The lowest BCUT2D eigenvalue weighted by Crippen LogP contribution is -2.04. The van der Waals surface area contributed by atoms with Crippen LogP contribution < -0.4 is 0 Å². The highest BCUT2D eigenvalue weighted by Crippen LogP contribution is 2.19. The van der Waals surface area contributed by atoms with Crippen LogP contribution in [0.25, 0.3) is 17.0 Å². The maximum atomic E-state index is 5.24.